The van der Waals surface area contributed by atoms with Crippen LogP contribution in [0.25, 0.3) is 0 Å². The average molecular weight is 337 g/mol. The number of benzene rings is 2. The Balaban J connectivity index is 1.97. The molecule has 0 spiro atoms. The summed E-state index contributed by atoms with van der Waals surface area (Å²) in [5.74, 6) is 0.497. The summed E-state index contributed by atoms with van der Waals surface area (Å²) >= 11 is 6.27. The van der Waals surface area contributed by atoms with E-state index in [1.807, 2.05) is 73.7 Å². The highest BCUT2D eigenvalue weighted by atomic mass is 35.5. The van der Waals surface area contributed by atoms with Crippen LogP contribution in [0.15, 0.2) is 72.9 Å². The Morgan fingerprint density at radius 3 is 2.38 bits per heavy atom. The Morgan fingerprint density at radius 1 is 1.00 bits per heavy atom. The van der Waals surface area contributed by atoms with Crippen LogP contribution in [0.2, 0.25) is 5.02 Å². The third-order valence-corrected chi connectivity index (χ3v) is 4.12. The van der Waals surface area contributed by atoms with Gasteiger partial charge in [-0.2, -0.15) is 0 Å². The maximum Gasteiger partial charge on any atom is 0.259 e. The highest BCUT2D eigenvalue weighted by molar-refractivity contribution is 6.31. The highest BCUT2D eigenvalue weighted by Crippen LogP contribution is 2.22. The number of carbonyl (C=O) groups excluding carboxylic acids is 1. The third-order valence-electron chi connectivity index (χ3n) is 3.76. The topological polar surface area (TPSA) is 33.2 Å². The molecule has 0 aliphatic rings. The van der Waals surface area contributed by atoms with Crippen molar-refractivity contribution in [1.29, 1.82) is 0 Å². The van der Waals surface area contributed by atoms with Gasteiger partial charge in [0.05, 0.1) is 6.54 Å². The summed E-state index contributed by atoms with van der Waals surface area (Å²) in [6.45, 7) is 2.36. The maximum absolute atomic E-state index is 13.0. The lowest BCUT2D eigenvalue weighted by atomic mass is 10.1. The van der Waals surface area contributed by atoms with Crippen LogP contribution in [0.4, 0.5) is 5.82 Å². The smallest absolute Gasteiger partial charge is 0.259 e. The zero-order valence-corrected chi connectivity index (χ0v) is 14.1. The van der Waals surface area contributed by atoms with Crippen LogP contribution in [-0.4, -0.2) is 10.9 Å². The number of nitrogens with zero attached hydrogens (tertiary/aromatic N) is 2. The number of amides is 1. The number of rotatable bonds is 4. The van der Waals surface area contributed by atoms with E-state index in [4.69, 9.17) is 11.6 Å². The van der Waals surface area contributed by atoms with E-state index in [2.05, 4.69) is 4.98 Å². The largest absolute Gasteiger partial charge is 0.288 e. The molecule has 0 N–H and O–H groups in total. The molecule has 0 radical (unpaired) electrons. The van der Waals surface area contributed by atoms with Gasteiger partial charge in [0.25, 0.3) is 5.91 Å². The van der Waals surface area contributed by atoms with Crippen molar-refractivity contribution in [2.24, 2.45) is 0 Å². The van der Waals surface area contributed by atoms with Crippen molar-refractivity contribution in [2.45, 2.75) is 13.5 Å². The van der Waals surface area contributed by atoms with Crippen LogP contribution in [0.5, 0.6) is 0 Å². The first kappa shape index (κ1) is 16.2. The van der Waals surface area contributed by atoms with E-state index < -0.39 is 0 Å². The molecule has 1 aromatic heterocycles. The second-order valence-electron chi connectivity index (χ2n) is 5.54. The molecule has 0 bridgehead atoms. The molecule has 0 aliphatic heterocycles. The summed E-state index contributed by atoms with van der Waals surface area (Å²) in [5.41, 5.74) is 2.62. The number of aryl methyl sites for hydroxylation is 1. The summed E-state index contributed by atoms with van der Waals surface area (Å²) in [5, 5.41) is 0.634. The monoisotopic (exact) mass is 336 g/mol. The lowest BCUT2D eigenvalue weighted by Gasteiger charge is -2.22. The van der Waals surface area contributed by atoms with Gasteiger partial charge < -0.3 is 0 Å². The van der Waals surface area contributed by atoms with Crippen molar-refractivity contribution in [1.82, 2.24) is 4.98 Å². The summed E-state index contributed by atoms with van der Waals surface area (Å²) in [7, 11) is 0. The minimum absolute atomic E-state index is 0.103. The van der Waals surface area contributed by atoms with Gasteiger partial charge in [0, 0.05) is 16.8 Å². The van der Waals surface area contributed by atoms with Crippen LogP contribution in [0.1, 0.15) is 21.5 Å². The summed E-state index contributed by atoms with van der Waals surface area (Å²) < 4.78 is 0. The minimum atomic E-state index is -0.103. The van der Waals surface area contributed by atoms with Gasteiger partial charge in [-0.15, -0.1) is 0 Å². The lowest BCUT2D eigenvalue weighted by molar-refractivity contribution is 0.0984. The van der Waals surface area contributed by atoms with Gasteiger partial charge in [0.1, 0.15) is 5.82 Å². The van der Waals surface area contributed by atoms with Gasteiger partial charge in [0.15, 0.2) is 0 Å². The third kappa shape index (κ3) is 3.63. The first-order valence-corrected chi connectivity index (χ1v) is 8.06. The van der Waals surface area contributed by atoms with Crippen molar-refractivity contribution < 1.29 is 4.79 Å². The number of carbonyl (C=O) groups is 1. The van der Waals surface area contributed by atoms with E-state index in [9.17, 15) is 4.79 Å². The molecule has 4 heteroatoms. The highest BCUT2D eigenvalue weighted by Gasteiger charge is 2.20. The predicted octanol–water partition coefficient (Wildman–Crippen LogP) is 4.89. The zero-order chi connectivity index (χ0) is 16.9. The van der Waals surface area contributed by atoms with Crippen LogP contribution >= 0.6 is 11.6 Å². The fourth-order valence-electron chi connectivity index (χ4n) is 2.42. The van der Waals surface area contributed by atoms with Crippen LogP contribution in [0.3, 0.4) is 0 Å². The molecule has 0 saturated heterocycles. The van der Waals surface area contributed by atoms with Crippen LogP contribution in [0, 0.1) is 6.92 Å². The molecule has 3 nitrogen and oxygen atoms in total. The van der Waals surface area contributed by atoms with E-state index in [1.54, 1.807) is 11.1 Å². The summed E-state index contributed by atoms with van der Waals surface area (Å²) in [6.07, 6.45) is 1.68. The number of halogens is 1. The van der Waals surface area contributed by atoms with E-state index >= 15 is 0 Å². The molecule has 0 aliphatic carbocycles. The Hall–Kier alpha value is -2.65. The average Bonchev–Trinajstić information content (AvgIpc) is 2.62. The fraction of sp³-hybridized carbons (Fsp3) is 0.100. The molecule has 1 heterocycles. The van der Waals surface area contributed by atoms with E-state index in [-0.39, 0.29) is 5.91 Å². The lowest BCUT2D eigenvalue weighted by Crippen LogP contribution is -2.31. The summed E-state index contributed by atoms with van der Waals surface area (Å²) in [4.78, 5) is 19.0. The number of pyridine rings is 1. The predicted molar refractivity (Wildman–Crippen MR) is 97.4 cm³/mol. The standard InChI is InChI=1S/C20H17ClN2O/c1-15-9-11-16(12-10-15)20(24)23(19-8-4-5-13-22-19)14-17-6-2-3-7-18(17)21/h2-13H,14H2,1H3. The number of hydrogen-bond acceptors (Lipinski definition) is 2. The molecule has 0 saturated carbocycles. The van der Waals surface area contributed by atoms with Crippen molar-refractivity contribution in [3.05, 3.63) is 94.6 Å². The molecule has 1 amide bonds. The number of anilines is 1. The zero-order valence-electron chi connectivity index (χ0n) is 13.3. The van der Waals surface area contributed by atoms with Crippen LogP contribution < -0.4 is 4.90 Å². The SMILES string of the molecule is Cc1ccc(C(=O)N(Cc2ccccc2Cl)c2ccccn2)cc1. The molecular formula is C20H17ClN2O. The van der Waals surface area contributed by atoms with E-state index in [1.165, 1.54) is 0 Å². The molecule has 3 aromatic rings. The van der Waals surface area contributed by atoms with Crippen molar-refractivity contribution >= 4 is 23.3 Å². The molecule has 2 aromatic carbocycles. The van der Waals surface area contributed by atoms with Crippen molar-refractivity contribution in [3.63, 3.8) is 0 Å². The van der Waals surface area contributed by atoms with Crippen LogP contribution in [-0.2, 0) is 6.54 Å². The van der Waals surface area contributed by atoms with Gasteiger partial charge in [-0.1, -0.05) is 53.6 Å². The van der Waals surface area contributed by atoms with Gasteiger partial charge >= 0.3 is 0 Å². The Morgan fingerprint density at radius 2 is 1.71 bits per heavy atom. The molecule has 3 rings (SSSR count). The summed E-state index contributed by atoms with van der Waals surface area (Å²) in [6, 6.07) is 20.6. The normalized spacial score (nSPS) is 10.4. The van der Waals surface area contributed by atoms with Gasteiger partial charge in [-0.3, -0.25) is 9.69 Å². The maximum atomic E-state index is 13.0. The Bertz CT molecular complexity index is 832. The van der Waals surface area contributed by atoms with E-state index in [0.717, 1.165) is 11.1 Å². The van der Waals surface area contributed by atoms with Gasteiger partial charge in [0.2, 0.25) is 0 Å². The Kier molecular flexibility index (Phi) is 4.92. The Labute approximate surface area is 146 Å². The van der Waals surface area contributed by atoms with Crippen molar-refractivity contribution in [2.75, 3.05) is 4.90 Å². The first-order valence-electron chi connectivity index (χ1n) is 7.68. The number of hydrogen-bond donors (Lipinski definition) is 0. The molecule has 0 fully saturated rings. The minimum Gasteiger partial charge on any atom is -0.288 e. The molecule has 0 atom stereocenters. The molecular weight excluding hydrogens is 320 g/mol. The number of aromatic nitrogens is 1. The first-order chi connectivity index (χ1) is 11.6. The second kappa shape index (κ2) is 7.28. The van der Waals surface area contributed by atoms with Crippen molar-refractivity contribution in [3.8, 4) is 0 Å². The fourth-order valence-corrected chi connectivity index (χ4v) is 2.61. The quantitative estimate of drug-likeness (QED) is 0.679. The molecule has 120 valence electrons. The molecule has 0 unspecified atom stereocenters. The van der Waals surface area contributed by atoms with E-state index in [0.29, 0.717) is 22.9 Å². The van der Waals surface area contributed by atoms with Gasteiger partial charge in [-0.25, -0.2) is 4.98 Å². The van der Waals surface area contributed by atoms with Gasteiger partial charge in [-0.05, 0) is 42.8 Å². The molecule has 24 heavy (non-hydrogen) atoms. The second-order valence-corrected chi connectivity index (χ2v) is 5.94.